The van der Waals surface area contributed by atoms with Crippen molar-refractivity contribution < 1.29 is 19.4 Å². The topological polar surface area (TPSA) is 119 Å². The number of fused-ring (bicyclic) bond motifs is 1. The zero-order chi connectivity index (χ0) is 28.2. The van der Waals surface area contributed by atoms with Crippen molar-refractivity contribution in [1.82, 2.24) is 15.2 Å². The minimum absolute atomic E-state index is 0. The summed E-state index contributed by atoms with van der Waals surface area (Å²) in [6.45, 7) is 14.5. The van der Waals surface area contributed by atoms with Crippen molar-refractivity contribution in [2.75, 3.05) is 19.7 Å². The molecule has 0 aliphatic heterocycles. The molecule has 1 aromatic carbocycles. The molecule has 2 aromatic rings. The van der Waals surface area contributed by atoms with Gasteiger partial charge in [-0.15, -0.1) is 12.4 Å². The van der Waals surface area contributed by atoms with Crippen LogP contribution < -0.4 is 16.4 Å². The summed E-state index contributed by atoms with van der Waals surface area (Å²) in [4.78, 5) is 25.6. The first-order valence-electron chi connectivity index (χ1n) is 14.3. The van der Waals surface area contributed by atoms with E-state index in [0.29, 0.717) is 44.6 Å². The molecular weight excluding hydrogens is 516 g/mol. The van der Waals surface area contributed by atoms with Gasteiger partial charge in [0.05, 0.1) is 17.8 Å². The summed E-state index contributed by atoms with van der Waals surface area (Å²) in [6.07, 6.45) is 3.98. The third-order valence-electron chi connectivity index (χ3n) is 7.35. The number of nitrogens with zero attached hydrogens (tertiary/aromatic N) is 1. The molecule has 5 atom stereocenters. The van der Waals surface area contributed by atoms with E-state index in [1.807, 2.05) is 51.2 Å². The summed E-state index contributed by atoms with van der Waals surface area (Å²) in [5.74, 6) is -0.137. The Hall–Kier alpha value is -2.13. The first-order chi connectivity index (χ1) is 18.1. The molecule has 0 radical (unpaired) electrons. The highest BCUT2D eigenvalue weighted by Crippen LogP contribution is 2.23. The minimum atomic E-state index is -0.788. The number of aliphatic hydroxyl groups is 1. The molecule has 0 fully saturated rings. The molecule has 0 saturated carbocycles. The van der Waals surface area contributed by atoms with Gasteiger partial charge < -0.3 is 30.8 Å². The molecule has 1 unspecified atom stereocenters. The Balaban J connectivity index is 0.00000760. The molecule has 39 heavy (non-hydrogen) atoms. The number of carbonyl (C=O) groups excluding carboxylic acids is 2. The number of aromatic nitrogens is 1. The smallest absolute Gasteiger partial charge is 0.253 e. The van der Waals surface area contributed by atoms with Crippen LogP contribution in [0.5, 0.6) is 0 Å². The Morgan fingerprint density at radius 1 is 1.08 bits per heavy atom. The summed E-state index contributed by atoms with van der Waals surface area (Å²) < 4.78 is 7.79. The normalized spacial score (nSPS) is 15.3. The molecule has 8 nitrogen and oxygen atoms in total. The quantitative estimate of drug-likeness (QED) is 0.210. The molecular formula is C30H51ClN4O4. The van der Waals surface area contributed by atoms with Gasteiger partial charge in [0.15, 0.2) is 0 Å². The number of benzene rings is 1. The van der Waals surface area contributed by atoms with E-state index in [0.717, 1.165) is 23.7 Å². The molecule has 2 amide bonds. The Bertz CT molecular complexity index is 1010. The third kappa shape index (κ3) is 10.7. The van der Waals surface area contributed by atoms with Gasteiger partial charge in [0.1, 0.15) is 0 Å². The van der Waals surface area contributed by atoms with E-state index < -0.39 is 12.1 Å². The standard InChI is InChI=1S/C30H50N4O4.ClH/c1-7-9-14-32-29(36)21(5)15-28(35)26(31)16-23(20(3)4)17-33-30(37)25-19-34(18-22(6)38-8-2)27-13-11-10-12-24(25)27;/h10-13,19-23,26,28,35H,7-9,14-18,31H2,1-6H3,(H,32,36)(H,33,37);1H/t21-,22?,23+,26+,28+;/m1./s1. The fourth-order valence-corrected chi connectivity index (χ4v) is 4.82. The maximum absolute atomic E-state index is 13.3. The molecule has 2 rings (SSSR count). The first kappa shape index (κ1) is 34.9. The molecule has 9 heteroatoms. The van der Waals surface area contributed by atoms with Crippen LogP contribution in [0, 0.1) is 17.8 Å². The number of para-hydroxylation sites is 1. The fraction of sp³-hybridized carbons (Fsp3) is 0.667. The lowest BCUT2D eigenvalue weighted by Crippen LogP contribution is -2.42. The van der Waals surface area contributed by atoms with Crippen molar-refractivity contribution in [3.63, 3.8) is 0 Å². The van der Waals surface area contributed by atoms with E-state index in [2.05, 4.69) is 36.0 Å². The van der Waals surface area contributed by atoms with E-state index in [4.69, 9.17) is 10.5 Å². The lowest BCUT2D eigenvalue weighted by Gasteiger charge is -2.28. The number of unbranched alkanes of at least 4 members (excludes halogenated alkanes) is 1. The highest BCUT2D eigenvalue weighted by Gasteiger charge is 2.26. The molecule has 0 spiro atoms. The van der Waals surface area contributed by atoms with Crippen LogP contribution >= 0.6 is 12.4 Å². The highest BCUT2D eigenvalue weighted by molar-refractivity contribution is 6.07. The number of carbonyl (C=O) groups is 2. The largest absolute Gasteiger partial charge is 0.391 e. The van der Waals surface area contributed by atoms with Crippen LogP contribution in [-0.4, -0.2) is 59.4 Å². The number of amides is 2. The monoisotopic (exact) mass is 566 g/mol. The van der Waals surface area contributed by atoms with Crippen molar-refractivity contribution in [1.29, 1.82) is 0 Å². The van der Waals surface area contributed by atoms with Crippen molar-refractivity contribution >= 4 is 35.1 Å². The second-order valence-corrected chi connectivity index (χ2v) is 10.9. The van der Waals surface area contributed by atoms with Crippen LogP contribution in [0.3, 0.4) is 0 Å². The lowest BCUT2D eigenvalue weighted by atomic mass is 9.86. The van der Waals surface area contributed by atoms with E-state index in [-0.39, 0.29) is 48.1 Å². The van der Waals surface area contributed by atoms with E-state index >= 15 is 0 Å². The van der Waals surface area contributed by atoms with Gasteiger partial charge in [0.25, 0.3) is 5.91 Å². The van der Waals surface area contributed by atoms with Gasteiger partial charge in [-0.3, -0.25) is 9.59 Å². The molecule has 1 aromatic heterocycles. The van der Waals surface area contributed by atoms with Gasteiger partial charge in [-0.1, -0.05) is 52.3 Å². The molecule has 0 aliphatic rings. The van der Waals surface area contributed by atoms with Crippen molar-refractivity contribution in [2.24, 2.45) is 23.5 Å². The molecule has 0 bridgehead atoms. The Kier molecular flexibility index (Phi) is 15.7. The first-order valence-corrected chi connectivity index (χ1v) is 14.3. The summed E-state index contributed by atoms with van der Waals surface area (Å²) >= 11 is 0. The molecule has 1 heterocycles. The number of aliphatic hydroxyl groups excluding tert-OH is 1. The second kappa shape index (κ2) is 17.5. The summed E-state index contributed by atoms with van der Waals surface area (Å²) in [5, 5.41) is 17.7. The third-order valence-corrected chi connectivity index (χ3v) is 7.35. The molecule has 5 N–H and O–H groups in total. The van der Waals surface area contributed by atoms with Crippen LogP contribution in [0.15, 0.2) is 30.5 Å². The number of hydrogen-bond donors (Lipinski definition) is 4. The summed E-state index contributed by atoms with van der Waals surface area (Å²) in [6, 6.07) is 7.43. The number of rotatable bonds is 17. The maximum Gasteiger partial charge on any atom is 0.253 e. The Labute approximate surface area is 240 Å². The molecule has 0 aliphatic carbocycles. The van der Waals surface area contributed by atoms with Crippen LogP contribution in [0.2, 0.25) is 0 Å². The van der Waals surface area contributed by atoms with Crippen molar-refractivity contribution in [2.45, 2.75) is 92.0 Å². The number of ether oxygens (including phenoxy) is 1. The predicted octanol–water partition coefficient (Wildman–Crippen LogP) is 4.51. The second-order valence-electron chi connectivity index (χ2n) is 10.9. The minimum Gasteiger partial charge on any atom is -0.391 e. The van der Waals surface area contributed by atoms with Crippen molar-refractivity contribution in [3.05, 3.63) is 36.0 Å². The van der Waals surface area contributed by atoms with Crippen LogP contribution in [0.4, 0.5) is 0 Å². The Morgan fingerprint density at radius 3 is 2.41 bits per heavy atom. The SMILES string of the molecule is CCCCNC(=O)[C@H](C)C[C@H](O)[C@@H](N)C[C@@H](CNC(=O)c1cn(CC(C)OCC)c2ccccc12)C(C)C.Cl. The zero-order valence-corrected chi connectivity index (χ0v) is 25.4. The van der Waals surface area contributed by atoms with Gasteiger partial charge in [-0.2, -0.15) is 0 Å². The lowest BCUT2D eigenvalue weighted by molar-refractivity contribution is -0.125. The van der Waals surface area contributed by atoms with Gasteiger partial charge >= 0.3 is 0 Å². The maximum atomic E-state index is 13.3. The van der Waals surface area contributed by atoms with Gasteiger partial charge in [0, 0.05) is 55.3 Å². The van der Waals surface area contributed by atoms with Crippen LogP contribution in [0.25, 0.3) is 10.9 Å². The number of nitrogens with one attached hydrogen (secondary N) is 2. The van der Waals surface area contributed by atoms with Crippen molar-refractivity contribution in [3.8, 4) is 0 Å². The number of halogens is 1. The predicted molar refractivity (Wildman–Crippen MR) is 161 cm³/mol. The van der Waals surface area contributed by atoms with E-state index in [9.17, 15) is 14.7 Å². The van der Waals surface area contributed by atoms with Gasteiger partial charge in [0.2, 0.25) is 5.91 Å². The van der Waals surface area contributed by atoms with Gasteiger partial charge in [-0.25, -0.2) is 0 Å². The fourth-order valence-electron chi connectivity index (χ4n) is 4.82. The number of nitrogens with two attached hydrogens (primary N) is 1. The summed E-state index contributed by atoms with van der Waals surface area (Å²) in [7, 11) is 0. The van der Waals surface area contributed by atoms with Gasteiger partial charge in [-0.05, 0) is 51.0 Å². The Morgan fingerprint density at radius 2 is 1.77 bits per heavy atom. The summed E-state index contributed by atoms with van der Waals surface area (Å²) in [5.41, 5.74) is 8.02. The van der Waals surface area contributed by atoms with E-state index in [1.165, 1.54) is 0 Å². The highest BCUT2D eigenvalue weighted by atomic mass is 35.5. The zero-order valence-electron chi connectivity index (χ0n) is 24.6. The number of hydrogen-bond acceptors (Lipinski definition) is 5. The average molecular weight is 567 g/mol. The molecule has 222 valence electrons. The average Bonchev–Trinajstić information content (AvgIpc) is 3.24. The molecule has 0 saturated heterocycles. The van der Waals surface area contributed by atoms with Crippen LogP contribution in [-0.2, 0) is 16.1 Å². The van der Waals surface area contributed by atoms with Crippen LogP contribution in [0.1, 0.15) is 77.6 Å². The van der Waals surface area contributed by atoms with E-state index in [1.54, 1.807) is 0 Å².